The lowest BCUT2D eigenvalue weighted by Crippen LogP contribution is -2.33. The van der Waals surface area contributed by atoms with Gasteiger partial charge in [-0.1, -0.05) is 90.5 Å². The highest BCUT2D eigenvalue weighted by molar-refractivity contribution is 6.30. The van der Waals surface area contributed by atoms with Crippen molar-refractivity contribution in [3.05, 3.63) is 154 Å². The molecule has 1 amide bonds. The molecule has 8 heteroatoms. The van der Waals surface area contributed by atoms with Crippen molar-refractivity contribution in [2.75, 3.05) is 0 Å². The Hall–Kier alpha value is -4.88. The van der Waals surface area contributed by atoms with E-state index in [4.69, 9.17) is 21.1 Å². The molecule has 6 rings (SSSR count). The normalized spacial score (nSPS) is 19.1. The second-order valence-electron chi connectivity index (χ2n) is 9.96. The first-order valence-corrected chi connectivity index (χ1v) is 14.1. The summed E-state index contributed by atoms with van der Waals surface area (Å²) in [6, 6.07) is 34.7. The van der Waals surface area contributed by atoms with Crippen LogP contribution in [0.2, 0.25) is 0 Å². The molecule has 210 valence electrons. The number of amides is 1. The summed E-state index contributed by atoms with van der Waals surface area (Å²) in [5.41, 5.74) is 4.62. The van der Waals surface area contributed by atoms with Crippen LogP contribution in [0.5, 0.6) is 11.5 Å². The van der Waals surface area contributed by atoms with E-state index in [0.717, 1.165) is 22.4 Å². The van der Waals surface area contributed by atoms with Crippen molar-refractivity contribution in [3.63, 3.8) is 0 Å². The molecular formula is C34H29ClN4O3. The number of nitrogens with zero attached hydrogens (tertiary/aromatic N) is 2. The lowest BCUT2D eigenvalue weighted by atomic mass is 9.89. The summed E-state index contributed by atoms with van der Waals surface area (Å²) < 4.78 is 13.0. The van der Waals surface area contributed by atoms with Crippen molar-refractivity contribution in [1.29, 1.82) is 0 Å². The number of ether oxygens (including phenoxy) is 2. The van der Waals surface area contributed by atoms with E-state index < -0.39 is 18.4 Å². The molecule has 1 aliphatic carbocycles. The molecule has 0 saturated heterocycles. The summed E-state index contributed by atoms with van der Waals surface area (Å²) in [7, 11) is 0. The Morgan fingerprint density at radius 1 is 0.786 bits per heavy atom. The third-order valence-electron chi connectivity index (χ3n) is 7.05. The number of para-hydroxylation sites is 2. The number of rotatable bonds is 9. The van der Waals surface area contributed by atoms with E-state index in [1.807, 2.05) is 110 Å². The van der Waals surface area contributed by atoms with Gasteiger partial charge < -0.3 is 20.1 Å². The Morgan fingerprint density at radius 2 is 1.36 bits per heavy atom. The maximum atomic E-state index is 13.2. The molecule has 0 saturated carbocycles. The maximum absolute atomic E-state index is 13.2. The fourth-order valence-corrected chi connectivity index (χ4v) is 5.38. The third-order valence-corrected chi connectivity index (χ3v) is 7.46. The number of hydrogen-bond donors (Lipinski definition) is 2. The number of allylic oxidation sites excluding steroid dienone is 1. The predicted molar refractivity (Wildman–Crippen MR) is 162 cm³/mol. The molecule has 2 N–H and O–H groups in total. The first-order chi connectivity index (χ1) is 20.6. The SMILES string of the molecule is CC1=CC(NC(=O)c2ccccc2CNC2=C(Cl)C(Oc3ccccc3)c3ccccc3C2Oc2ccccc2)N=N1. The van der Waals surface area contributed by atoms with Gasteiger partial charge in [0.2, 0.25) is 0 Å². The lowest BCUT2D eigenvalue weighted by molar-refractivity contribution is 0.0944. The first kappa shape index (κ1) is 27.3. The average Bonchev–Trinajstić information content (AvgIpc) is 3.44. The quantitative estimate of drug-likeness (QED) is 0.215. The Morgan fingerprint density at radius 3 is 2.00 bits per heavy atom. The van der Waals surface area contributed by atoms with Crippen molar-refractivity contribution in [3.8, 4) is 11.5 Å². The monoisotopic (exact) mass is 576 g/mol. The second kappa shape index (κ2) is 12.3. The standard InChI is InChI=1S/C34H29ClN4O3/c1-22-20-29(39-38-22)37-34(40)26-17-9-8-12-23(26)21-36-31-30(35)32(41-24-13-4-2-5-14-24)27-18-10-11-19-28(27)33(31)42-25-15-6-3-7-16-25/h2-20,29,32-33,36H,21H2,1H3,(H,37,40). The van der Waals surface area contributed by atoms with Crippen LogP contribution in [-0.4, -0.2) is 12.1 Å². The average molecular weight is 577 g/mol. The van der Waals surface area contributed by atoms with Crippen LogP contribution in [0.4, 0.5) is 0 Å². The molecule has 4 aromatic carbocycles. The minimum Gasteiger partial charge on any atom is -0.480 e. The van der Waals surface area contributed by atoms with Gasteiger partial charge in [0.15, 0.2) is 18.4 Å². The number of nitrogens with one attached hydrogen (secondary N) is 2. The van der Waals surface area contributed by atoms with E-state index in [2.05, 4.69) is 20.9 Å². The fourth-order valence-electron chi connectivity index (χ4n) is 5.05. The molecule has 0 bridgehead atoms. The molecule has 1 heterocycles. The van der Waals surface area contributed by atoms with Gasteiger partial charge in [-0.3, -0.25) is 4.79 Å². The van der Waals surface area contributed by atoms with Gasteiger partial charge in [-0.25, -0.2) is 0 Å². The topological polar surface area (TPSA) is 84.3 Å². The number of fused-ring (bicyclic) bond motifs is 1. The van der Waals surface area contributed by atoms with Gasteiger partial charge in [0.25, 0.3) is 5.91 Å². The summed E-state index contributed by atoms with van der Waals surface area (Å²) in [5, 5.41) is 15.0. The minimum atomic E-state index is -0.551. The van der Waals surface area contributed by atoms with Crippen LogP contribution >= 0.6 is 11.6 Å². The molecule has 7 nitrogen and oxygen atoms in total. The number of halogens is 1. The van der Waals surface area contributed by atoms with Crippen LogP contribution in [0.1, 0.15) is 46.2 Å². The molecule has 4 aromatic rings. The highest BCUT2D eigenvalue weighted by Crippen LogP contribution is 2.45. The molecular weight excluding hydrogens is 548 g/mol. The van der Waals surface area contributed by atoms with Gasteiger partial charge in [-0.2, -0.15) is 10.2 Å². The summed E-state index contributed by atoms with van der Waals surface area (Å²) in [6.07, 6.45) is 0.246. The predicted octanol–water partition coefficient (Wildman–Crippen LogP) is 7.61. The summed E-state index contributed by atoms with van der Waals surface area (Å²) >= 11 is 7.19. The third kappa shape index (κ3) is 5.92. The fraction of sp³-hybridized carbons (Fsp3) is 0.147. The van der Waals surface area contributed by atoms with E-state index in [-0.39, 0.29) is 5.91 Å². The Labute approximate surface area is 249 Å². The van der Waals surface area contributed by atoms with Crippen LogP contribution in [0.3, 0.4) is 0 Å². The second-order valence-corrected chi connectivity index (χ2v) is 10.4. The Balaban J connectivity index is 1.33. The molecule has 0 aromatic heterocycles. The molecule has 0 spiro atoms. The number of azo groups is 1. The van der Waals surface area contributed by atoms with Crippen LogP contribution in [0.15, 0.2) is 142 Å². The van der Waals surface area contributed by atoms with Crippen molar-refractivity contribution >= 4 is 17.5 Å². The Bertz CT molecular complexity index is 1670. The Kier molecular flexibility index (Phi) is 8.01. The summed E-state index contributed by atoms with van der Waals surface area (Å²) in [5.74, 6) is 1.17. The van der Waals surface area contributed by atoms with E-state index in [9.17, 15) is 4.79 Å². The van der Waals surface area contributed by atoms with Crippen LogP contribution in [0, 0.1) is 0 Å². The highest BCUT2D eigenvalue weighted by atomic mass is 35.5. The number of benzene rings is 4. The van der Waals surface area contributed by atoms with Gasteiger partial charge >= 0.3 is 0 Å². The van der Waals surface area contributed by atoms with E-state index >= 15 is 0 Å². The van der Waals surface area contributed by atoms with Crippen molar-refractivity contribution in [2.45, 2.75) is 31.8 Å². The van der Waals surface area contributed by atoms with Gasteiger partial charge in [-0.05, 0) is 48.9 Å². The molecule has 0 fully saturated rings. The molecule has 3 atom stereocenters. The zero-order valence-electron chi connectivity index (χ0n) is 22.9. The van der Waals surface area contributed by atoms with E-state index in [1.165, 1.54) is 0 Å². The highest BCUT2D eigenvalue weighted by Gasteiger charge is 2.37. The van der Waals surface area contributed by atoms with Crippen LogP contribution in [-0.2, 0) is 6.54 Å². The summed E-state index contributed by atoms with van der Waals surface area (Å²) in [4.78, 5) is 13.2. The van der Waals surface area contributed by atoms with Gasteiger partial charge in [-0.15, -0.1) is 0 Å². The van der Waals surface area contributed by atoms with Gasteiger partial charge in [0.05, 0.1) is 16.4 Å². The zero-order chi connectivity index (χ0) is 28.9. The smallest absolute Gasteiger partial charge is 0.253 e. The molecule has 2 aliphatic rings. The van der Waals surface area contributed by atoms with Crippen molar-refractivity contribution in [2.24, 2.45) is 10.2 Å². The molecule has 3 unspecified atom stereocenters. The van der Waals surface area contributed by atoms with Crippen molar-refractivity contribution < 1.29 is 14.3 Å². The molecule has 1 aliphatic heterocycles. The first-order valence-electron chi connectivity index (χ1n) is 13.7. The number of carbonyl (C=O) groups is 1. The van der Waals surface area contributed by atoms with Crippen LogP contribution in [0.25, 0.3) is 0 Å². The lowest BCUT2D eigenvalue weighted by Gasteiger charge is -2.34. The largest absolute Gasteiger partial charge is 0.480 e. The summed E-state index contributed by atoms with van der Waals surface area (Å²) in [6.45, 7) is 2.17. The van der Waals surface area contributed by atoms with Crippen LogP contribution < -0.4 is 20.1 Å². The zero-order valence-corrected chi connectivity index (χ0v) is 23.7. The van der Waals surface area contributed by atoms with E-state index in [1.54, 1.807) is 12.1 Å². The van der Waals surface area contributed by atoms with E-state index in [0.29, 0.717) is 34.3 Å². The number of hydrogen-bond acceptors (Lipinski definition) is 6. The minimum absolute atomic E-state index is 0.237. The van der Waals surface area contributed by atoms with Crippen molar-refractivity contribution in [1.82, 2.24) is 10.6 Å². The van der Waals surface area contributed by atoms with Gasteiger partial charge in [0, 0.05) is 23.2 Å². The maximum Gasteiger partial charge on any atom is 0.253 e. The number of carbonyl (C=O) groups excluding carboxylic acids is 1. The molecule has 0 radical (unpaired) electrons. The van der Waals surface area contributed by atoms with Gasteiger partial charge in [0.1, 0.15) is 11.5 Å². The molecule has 42 heavy (non-hydrogen) atoms.